The monoisotopic (exact) mass is 498 g/mol. The first-order valence-electron chi connectivity index (χ1n) is 11.7. The fraction of sp³-hybridized carbons (Fsp3) is 0.172. The summed E-state index contributed by atoms with van der Waals surface area (Å²) in [4.78, 5) is 9.93. The molecule has 0 saturated heterocycles. The van der Waals surface area contributed by atoms with Gasteiger partial charge in [-0.05, 0) is 74.5 Å². The normalized spacial score (nSPS) is 11.9. The number of benzene rings is 4. The number of hydrogen-bond donors (Lipinski definition) is 1. The van der Waals surface area contributed by atoms with Crippen LogP contribution in [-0.4, -0.2) is 29.8 Å². The van der Waals surface area contributed by atoms with Crippen LogP contribution in [0.25, 0.3) is 28.1 Å². The quantitative estimate of drug-likeness (QED) is 0.260. The van der Waals surface area contributed by atoms with Gasteiger partial charge in [-0.25, -0.2) is 4.98 Å². The van der Waals surface area contributed by atoms with E-state index in [0.717, 1.165) is 50.6 Å². The molecule has 36 heavy (non-hydrogen) atoms. The predicted octanol–water partition coefficient (Wildman–Crippen LogP) is 6.85. The molecule has 0 unspecified atom stereocenters. The number of para-hydroxylation sites is 2. The molecule has 1 aliphatic heterocycles. The lowest BCUT2D eigenvalue weighted by atomic mass is 10.1. The predicted molar refractivity (Wildman–Crippen MR) is 146 cm³/mol. The summed E-state index contributed by atoms with van der Waals surface area (Å²) >= 11 is 6.20. The molecule has 1 aliphatic carbocycles. The summed E-state index contributed by atoms with van der Waals surface area (Å²) in [5, 5.41) is 5.04. The van der Waals surface area contributed by atoms with E-state index >= 15 is 0 Å². The number of rotatable bonds is 6. The Kier molecular flexibility index (Phi) is 6.53. The Hall–Kier alpha value is -4.03. The van der Waals surface area contributed by atoms with E-state index in [1.807, 2.05) is 66.7 Å². The number of hydrogen-bond acceptors (Lipinski definition) is 5. The zero-order valence-electron chi connectivity index (χ0n) is 20.6. The molecule has 0 aromatic heterocycles. The van der Waals surface area contributed by atoms with Crippen molar-refractivity contribution < 1.29 is 9.47 Å². The van der Waals surface area contributed by atoms with Gasteiger partial charge >= 0.3 is 0 Å². The van der Waals surface area contributed by atoms with Crippen molar-refractivity contribution in [2.75, 3.05) is 19.5 Å². The van der Waals surface area contributed by atoms with Crippen molar-refractivity contribution in [3.05, 3.63) is 89.2 Å². The largest absolute Gasteiger partial charge is 0.497 e. The maximum absolute atomic E-state index is 6.20. The third-order valence-corrected chi connectivity index (χ3v) is 6.11. The van der Waals surface area contributed by atoms with Crippen molar-refractivity contribution >= 4 is 34.0 Å². The number of aromatic nitrogens is 2. The first-order valence-corrected chi connectivity index (χ1v) is 12.1. The molecule has 0 bridgehead atoms. The average molecular weight is 499 g/mol. The standard InChI is InChI=1S/C29H27ClN4O2/c1-18(2)31-25-17-28-26(16-24(25)33-23-14-13-21(35-3)15-29(23)36-4)32-22-7-5-6-8-27(22)34(28)20-11-9-19(30)10-12-20/h5-18,33H,1-4H3. The van der Waals surface area contributed by atoms with Gasteiger partial charge in [0.25, 0.3) is 0 Å². The summed E-state index contributed by atoms with van der Waals surface area (Å²) in [5.41, 5.74) is 6.32. The fourth-order valence-corrected chi connectivity index (χ4v) is 4.37. The minimum Gasteiger partial charge on any atom is -0.497 e. The molecule has 2 aliphatic rings. The van der Waals surface area contributed by atoms with Crippen molar-refractivity contribution in [3.63, 3.8) is 0 Å². The topological polar surface area (TPSA) is 60.7 Å². The highest BCUT2D eigenvalue weighted by Crippen LogP contribution is 2.34. The molecular formula is C29H27ClN4O2. The van der Waals surface area contributed by atoms with Gasteiger partial charge in [-0.3, -0.25) is 4.99 Å². The Labute approximate surface area is 215 Å². The highest BCUT2D eigenvalue weighted by atomic mass is 35.5. The van der Waals surface area contributed by atoms with Gasteiger partial charge in [0.1, 0.15) is 11.5 Å². The highest BCUT2D eigenvalue weighted by Gasteiger charge is 2.17. The van der Waals surface area contributed by atoms with Crippen LogP contribution in [0.15, 0.2) is 83.9 Å². The maximum Gasteiger partial charge on any atom is 0.145 e. The van der Waals surface area contributed by atoms with Gasteiger partial charge in [-0.1, -0.05) is 23.7 Å². The summed E-state index contributed by atoms with van der Waals surface area (Å²) in [6.45, 7) is 4.13. The summed E-state index contributed by atoms with van der Waals surface area (Å²) in [7, 11) is 3.28. The van der Waals surface area contributed by atoms with E-state index in [-0.39, 0.29) is 6.04 Å². The van der Waals surface area contributed by atoms with Crippen LogP contribution < -0.4 is 20.1 Å². The van der Waals surface area contributed by atoms with Crippen molar-refractivity contribution in [1.82, 2.24) is 9.55 Å². The Morgan fingerprint density at radius 3 is 2.39 bits per heavy atom. The molecular weight excluding hydrogens is 472 g/mol. The van der Waals surface area contributed by atoms with Gasteiger partial charge in [0.15, 0.2) is 0 Å². The molecule has 0 fully saturated rings. The van der Waals surface area contributed by atoms with Crippen molar-refractivity contribution in [2.45, 2.75) is 19.9 Å². The van der Waals surface area contributed by atoms with Crippen LogP contribution in [0.1, 0.15) is 13.8 Å². The molecule has 3 aromatic rings. The minimum absolute atomic E-state index is 0.0955. The van der Waals surface area contributed by atoms with E-state index < -0.39 is 0 Å². The van der Waals surface area contributed by atoms with Gasteiger partial charge in [0, 0.05) is 22.8 Å². The first kappa shape index (κ1) is 23.7. The van der Waals surface area contributed by atoms with Gasteiger partial charge in [0.05, 0.1) is 53.4 Å². The molecule has 3 aromatic carbocycles. The Bertz CT molecular complexity index is 1580. The van der Waals surface area contributed by atoms with Crippen molar-refractivity contribution in [2.24, 2.45) is 4.99 Å². The SMILES string of the molecule is COc1ccc(Nc2cc3nc4ccccc4n(-c4ccc(Cl)cc4)c-3cc2=NC(C)C)c(OC)c1. The van der Waals surface area contributed by atoms with Crippen molar-refractivity contribution in [1.29, 1.82) is 0 Å². The van der Waals surface area contributed by atoms with Gasteiger partial charge in [-0.2, -0.15) is 0 Å². The second-order valence-corrected chi connectivity index (χ2v) is 9.12. The van der Waals surface area contributed by atoms with Crippen LogP contribution in [0.5, 0.6) is 11.5 Å². The molecule has 0 radical (unpaired) electrons. The molecule has 0 amide bonds. The molecule has 1 heterocycles. The lowest BCUT2D eigenvalue weighted by Crippen LogP contribution is -2.16. The van der Waals surface area contributed by atoms with Crippen LogP contribution in [0.3, 0.4) is 0 Å². The highest BCUT2D eigenvalue weighted by molar-refractivity contribution is 6.30. The number of halogens is 1. The summed E-state index contributed by atoms with van der Waals surface area (Å²) in [5.74, 6) is 1.40. The lowest BCUT2D eigenvalue weighted by molar-refractivity contribution is 0.395. The zero-order chi connectivity index (χ0) is 25.2. The van der Waals surface area contributed by atoms with Gasteiger partial charge in [0.2, 0.25) is 0 Å². The summed E-state index contributed by atoms with van der Waals surface area (Å²) in [6.07, 6.45) is 0. The second kappa shape index (κ2) is 9.91. The van der Waals surface area contributed by atoms with Crippen LogP contribution in [0.4, 0.5) is 11.4 Å². The number of anilines is 2. The summed E-state index contributed by atoms with van der Waals surface area (Å²) in [6, 6.07) is 25.8. The minimum atomic E-state index is 0.0955. The van der Waals surface area contributed by atoms with Crippen LogP contribution in [0.2, 0.25) is 5.02 Å². The maximum atomic E-state index is 6.20. The smallest absolute Gasteiger partial charge is 0.145 e. The number of methoxy groups -OCH3 is 2. The molecule has 0 atom stereocenters. The third-order valence-electron chi connectivity index (χ3n) is 5.86. The number of ether oxygens (including phenoxy) is 2. The number of fused-ring (bicyclic) bond motifs is 2. The molecule has 0 saturated carbocycles. The van der Waals surface area contributed by atoms with E-state index in [0.29, 0.717) is 10.8 Å². The van der Waals surface area contributed by atoms with Crippen LogP contribution in [0, 0.1) is 0 Å². The Balaban J connectivity index is 1.78. The zero-order valence-corrected chi connectivity index (χ0v) is 21.4. The van der Waals surface area contributed by atoms with E-state index in [1.54, 1.807) is 14.2 Å². The second-order valence-electron chi connectivity index (χ2n) is 8.68. The van der Waals surface area contributed by atoms with Gasteiger partial charge < -0.3 is 19.4 Å². The molecule has 1 N–H and O–H groups in total. The Morgan fingerprint density at radius 2 is 1.67 bits per heavy atom. The fourth-order valence-electron chi connectivity index (χ4n) is 4.24. The number of nitrogens with zero attached hydrogens (tertiary/aromatic N) is 3. The molecule has 5 rings (SSSR count). The molecule has 0 spiro atoms. The van der Waals surface area contributed by atoms with E-state index in [2.05, 4.69) is 35.9 Å². The molecule has 6 nitrogen and oxygen atoms in total. The van der Waals surface area contributed by atoms with E-state index in [1.165, 1.54) is 0 Å². The van der Waals surface area contributed by atoms with E-state index in [4.69, 9.17) is 31.1 Å². The molecule has 7 heteroatoms. The molecule has 182 valence electrons. The van der Waals surface area contributed by atoms with Crippen LogP contribution in [-0.2, 0) is 0 Å². The van der Waals surface area contributed by atoms with Gasteiger partial charge in [-0.15, -0.1) is 0 Å². The lowest BCUT2D eigenvalue weighted by Gasteiger charge is -2.21. The van der Waals surface area contributed by atoms with E-state index in [9.17, 15) is 0 Å². The average Bonchev–Trinajstić information content (AvgIpc) is 2.88. The Morgan fingerprint density at radius 1 is 0.889 bits per heavy atom. The summed E-state index contributed by atoms with van der Waals surface area (Å²) < 4.78 is 13.2. The van der Waals surface area contributed by atoms with Crippen LogP contribution >= 0.6 is 11.6 Å². The number of nitrogens with one attached hydrogen (secondary N) is 1. The third kappa shape index (κ3) is 4.60. The van der Waals surface area contributed by atoms with Crippen molar-refractivity contribution in [3.8, 4) is 28.6 Å². The first-order chi connectivity index (χ1) is 17.5.